The maximum atomic E-state index is 13.0. The molecule has 0 aliphatic rings. The van der Waals surface area contributed by atoms with E-state index in [1.807, 2.05) is 6.07 Å². The zero-order chi connectivity index (χ0) is 10.8. The molecule has 0 bridgehead atoms. The number of hydrogen-bond acceptors (Lipinski definition) is 3. The first kappa shape index (κ1) is 10.1. The van der Waals surface area contributed by atoms with E-state index in [1.165, 1.54) is 12.1 Å². The summed E-state index contributed by atoms with van der Waals surface area (Å²) in [6.07, 6.45) is 0. The first-order valence-corrected chi connectivity index (χ1v) is 5.18. The molecule has 0 fully saturated rings. The highest BCUT2D eigenvalue weighted by Gasteiger charge is 2.13. The van der Waals surface area contributed by atoms with Crippen LogP contribution in [0.3, 0.4) is 0 Å². The van der Waals surface area contributed by atoms with E-state index < -0.39 is 0 Å². The molecule has 0 saturated carbocycles. The molecule has 0 radical (unpaired) electrons. The van der Waals surface area contributed by atoms with Gasteiger partial charge in [-0.1, -0.05) is 23.7 Å². The Bertz CT molecular complexity index is 545. The third-order valence-electron chi connectivity index (χ3n) is 1.85. The summed E-state index contributed by atoms with van der Waals surface area (Å²) in [7, 11) is 0. The molecular formula is C10H4ClFN2S. The van der Waals surface area contributed by atoms with Crippen molar-refractivity contribution in [1.82, 2.24) is 4.37 Å². The van der Waals surface area contributed by atoms with E-state index >= 15 is 0 Å². The van der Waals surface area contributed by atoms with Gasteiger partial charge in [0.15, 0.2) is 5.15 Å². The van der Waals surface area contributed by atoms with Crippen molar-refractivity contribution in [2.45, 2.75) is 0 Å². The summed E-state index contributed by atoms with van der Waals surface area (Å²) in [5.41, 5.74) is 0.920. The molecule has 1 aromatic heterocycles. The molecule has 2 rings (SSSR count). The summed E-state index contributed by atoms with van der Waals surface area (Å²) < 4.78 is 16.8. The predicted molar refractivity (Wildman–Crippen MR) is 57.2 cm³/mol. The fourth-order valence-corrected chi connectivity index (χ4v) is 2.22. The third-order valence-corrected chi connectivity index (χ3v) is 3.12. The fourth-order valence-electron chi connectivity index (χ4n) is 1.19. The Morgan fingerprint density at radius 3 is 2.93 bits per heavy atom. The molecule has 1 heterocycles. The second-order valence-electron chi connectivity index (χ2n) is 2.80. The molecule has 0 unspecified atom stereocenters. The van der Waals surface area contributed by atoms with E-state index in [0.29, 0.717) is 16.0 Å². The lowest BCUT2D eigenvalue weighted by atomic mass is 10.1. The van der Waals surface area contributed by atoms with Crippen LogP contribution in [-0.2, 0) is 0 Å². The zero-order valence-electron chi connectivity index (χ0n) is 7.37. The van der Waals surface area contributed by atoms with E-state index in [9.17, 15) is 4.39 Å². The van der Waals surface area contributed by atoms with Crippen LogP contribution in [-0.4, -0.2) is 4.37 Å². The minimum atomic E-state index is -0.346. The number of aromatic nitrogens is 1. The van der Waals surface area contributed by atoms with Crippen LogP contribution < -0.4 is 0 Å². The van der Waals surface area contributed by atoms with Crippen molar-refractivity contribution in [2.24, 2.45) is 0 Å². The summed E-state index contributed by atoms with van der Waals surface area (Å²) in [5, 5.41) is 9.03. The van der Waals surface area contributed by atoms with Crippen LogP contribution in [0.1, 0.15) is 5.56 Å². The largest absolute Gasteiger partial charge is 0.207 e. The molecule has 5 heteroatoms. The summed E-state index contributed by atoms with van der Waals surface area (Å²) >= 11 is 6.81. The first-order valence-electron chi connectivity index (χ1n) is 4.03. The van der Waals surface area contributed by atoms with Crippen molar-refractivity contribution in [3.05, 3.63) is 40.8 Å². The van der Waals surface area contributed by atoms with Crippen molar-refractivity contribution in [1.29, 1.82) is 5.26 Å². The summed E-state index contributed by atoms with van der Waals surface area (Å²) in [4.78, 5) is 0.599. The normalized spacial score (nSPS) is 9.93. The average Bonchev–Trinajstić information content (AvgIpc) is 2.59. The molecular weight excluding hydrogens is 235 g/mol. The molecule has 15 heavy (non-hydrogen) atoms. The lowest BCUT2D eigenvalue weighted by Crippen LogP contribution is -1.79. The lowest BCUT2D eigenvalue weighted by Gasteiger charge is -1.96. The molecule has 0 saturated heterocycles. The molecule has 0 amide bonds. The molecule has 0 spiro atoms. The minimum Gasteiger partial charge on any atom is -0.207 e. The highest BCUT2D eigenvalue weighted by atomic mass is 35.5. The maximum Gasteiger partial charge on any atom is 0.161 e. The van der Waals surface area contributed by atoms with Gasteiger partial charge in [0.1, 0.15) is 17.4 Å². The van der Waals surface area contributed by atoms with Crippen molar-refractivity contribution < 1.29 is 4.39 Å². The SMILES string of the molecule is N#Cc1c(Cl)nsc1-c1cccc(F)c1. The monoisotopic (exact) mass is 238 g/mol. The summed E-state index contributed by atoms with van der Waals surface area (Å²) in [5.74, 6) is -0.346. The topological polar surface area (TPSA) is 36.7 Å². The van der Waals surface area contributed by atoms with Crippen LogP contribution in [0.5, 0.6) is 0 Å². The summed E-state index contributed by atoms with van der Waals surface area (Å²) in [6.45, 7) is 0. The Labute approximate surface area is 94.7 Å². The van der Waals surface area contributed by atoms with Crippen LogP contribution >= 0.6 is 23.1 Å². The van der Waals surface area contributed by atoms with Gasteiger partial charge >= 0.3 is 0 Å². The Morgan fingerprint density at radius 1 is 1.47 bits per heavy atom. The summed E-state index contributed by atoms with van der Waals surface area (Å²) in [6, 6.07) is 7.95. The lowest BCUT2D eigenvalue weighted by molar-refractivity contribution is 0.628. The van der Waals surface area contributed by atoms with E-state index in [1.54, 1.807) is 12.1 Å². The standard InChI is InChI=1S/C10H4ClFN2S/c11-10-8(5-13)9(15-14-10)6-2-1-3-7(12)4-6/h1-4H. The number of halogens is 2. The molecule has 0 aliphatic carbocycles. The zero-order valence-corrected chi connectivity index (χ0v) is 8.94. The van der Waals surface area contributed by atoms with Crippen molar-refractivity contribution in [3.8, 4) is 16.5 Å². The van der Waals surface area contributed by atoms with Crippen LogP contribution in [0.4, 0.5) is 4.39 Å². The second kappa shape index (κ2) is 3.97. The van der Waals surface area contributed by atoms with Gasteiger partial charge in [0.05, 0.1) is 4.88 Å². The van der Waals surface area contributed by atoms with Crippen LogP contribution in [0.2, 0.25) is 5.15 Å². The van der Waals surface area contributed by atoms with Gasteiger partial charge in [0.2, 0.25) is 0 Å². The van der Waals surface area contributed by atoms with E-state index in [0.717, 1.165) is 11.5 Å². The second-order valence-corrected chi connectivity index (χ2v) is 3.93. The number of benzene rings is 1. The predicted octanol–water partition coefficient (Wildman–Crippen LogP) is 3.47. The molecule has 2 aromatic rings. The van der Waals surface area contributed by atoms with E-state index in [-0.39, 0.29) is 11.0 Å². The van der Waals surface area contributed by atoms with Gasteiger partial charge < -0.3 is 0 Å². The van der Waals surface area contributed by atoms with Gasteiger partial charge in [-0.3, -0.25) is 0 Å². The Balaban J connectivity index is 2.60. The number of rotatable bonds is 1. The van der Waals surface area contributed by atoms with Crippen molar-refractivity contribution in [3.63, 3.8) is 0 Å². The van der Waals surface area contributed by atoms with E-state index in [4.69, 9.17) is 16.9 Å². The molecule has 0 atom stereocenters. The smallest absolute Gasteiger partial charge is 0.161 e. The molecule has 0 aliphatic heterocycles. The third kappa shape index (κ3) is 1.84. The minimum absolute atomic E-state index is 0.168. The number of nitrogens with zero attached hydrogens (tertiary/aromatic N) is 2. The highest BCUT2D eigenvalue weighted by Crippen LogP contribution is 2.32. The van der Waals surface area contributed by atoms with Crippen LogP contribution in [0.25, 0.3) is 10.4 Å². The number of nitriles is 1. The van der Waals surface area contributed by atoms with Crippen LogP contribution in [0, 0.1) is 17.1 Å². The first-order chi connectivity index (χ1) is 7.22. The Hall–Kier alpha value is -1.44. The van der Waals surface area contributed by atoms with Gasteiger partial charge in [-0.25, -0.2) is 4.39 Å². The molecule has 74 valence electrons. The average molecular weight is 239 g/mol. The highest BCUT2D eigenvalue weighted by molar-refractivity contribution is 7.10. The molecule has 0 N–H and O–H groups in total. The molecule has 1 aromatic carbocycles. The van der Waals surface area contributed by atoms with Gasteiger partial charge in [0, 0.05) is 0 Å². The van der Waals surface area contributed by atoms with Gasteiger partial charge in [-0.2, -0.15) is 9.64 Å². The van der Waals surface area contributed by atoms with Gasteiger partial charge in [-0.15, -0.1) is 0 Å². The molecule has 2 nitrogen and oxygen atoms in total. The van der Waals surface area contributed by atoms with E-state index in [2.05, 4.69) is 4.37 Å². The van der Waals surface area contributed by atoms with Gasteiger partial charge in [-0.05, 0) is 29.2 Å². The quantitative estimate of drug-likeness (QED) is 0.763. The van der Waals surface area contributed by atoms with Crippen molar-refractivity contribution >= 4 is 23.1 Å². The maximum absolute atomic E-state index is 13.0. The van der Waals surface area contributed by atoms with Crippen molar-refractivity contribution in [2.75, 3.05) is 0 Å². The van der Waals surface area contributed by atoms with Gasteiger partial charge in [0.25, 0.3) is 0 Å². The Morgan fingerprint density at radius 2 is 2.27 bits per heavy atom. The Kier molecular flexibility index (Phi) is 2.67. The number of hydrogen-bond donors (Lipinski definition) is 0. The van der Waals surface area contributed by atoms with Crippen LogP contribution in [0.15, 0.2) is 24.3 Å². The fraction of sp³-hybridized carbons (Fsp3) is 0.